The van der Waals surface area contributed by atoms with E-state index < -0.39 is 22.2 Å². The Morgan fingerprint density at radius 1 is 0.766 bits per heavy atom. The number of hydrogen-bond donors (Lipinski definition) is 6. The van der Waals surface area contributed by atoms with E-state index in [-0.39, 0.29) is 22.2 Å². The number of nitrogens with one attached hydrogen (secondary N) is 3. The Labute approximate surface area is 266 Å². The zero-order chi connectivity index (χ0) is 34.2. The zero-order valence-corrected chi connectivity index (χ0v) is 25.2. The van der Waals surface area contributed by atoms with Crippen LogP contribution in [0.2, 0.25) is 0 Å². The summed E-state index contributed by atoms with van der Waals surface area (Å²) in [6.07, 6.45) is 2.65. The number of benzene rings is 4. The van der Waals surface area contributed by atoms with E-state index in [0.717, 1.165) is 11.1 Å². The van der Waals surface area contributed by atoms with Crippen LogP contribution in [0, 0.1) is 24.0 Å². The van der Waals surface area contributed by atoms with Crippen LogP contribution in [0.4, 0.5) is 22.7 Å². The van der Waals surface area contributed by atoms with Gasteiger partial charge in [0.2, 0.25) is 10.9 Å². The molecule has 0 spiro atoms. The van der Waals surface area contributed by atoms with Crippen molar-refractivity contribution in [3.05, 3.63) is 150 Å². The fourth-order valence-corrected chi connectivity index (χ4v) is 4.37. The molecule has 13 heteroatoms. The van der Waals surface area contributed by atoms with Gasteiger partial charge in [-0.3, -0.25) is 24.5 Å². The lowest BCUT2D eigenvalue weighted by molar-refractivity contribution is -0.384. The number of amides is 1. The normalized spacial score (nSPS) is 10.3. The van der Waals surface area contributed by atoms with Crippen LogP contribution in [0.3, 0.4) is 0 Å². The Hall–Kier alpha value is -6.76. The van der Waals surface area contributed by atoms with Crippen molar-refractivity contribution in [2.75, 3.05) is 16.8 Å². The number of carboxylic acids is 1. The average molecular weight is 635 g/mol. The number of hydrogen-bond acceptors (Lipinski definition) is 8. The number of carbonyl (C=O) groups is 2. The van der Waals surface area contributed by atoms with Crippen LogP contribution in [0.5, 0.6) is 0 Å². The van der Waals surface area contributed by atoms with E-state index in [2.05, 4.69) is 15.3 Å². The summed E-state index contributed by atoms with van der Waals surface area (Å²) in [7, 11) is 0. The van der Waals surface area contributed by atoms with Crippen LogP contribution in [0.25, 0.3) is 21.8 Å². The number of aromatic amines is 2. The smallest absolute Gasteiger partial charge is 0.341 e. The highest BCUT2D eigenvalue weighted by Gasteiger charge is 2.14. The van der Waals surface area contributed by atoms with Crippen LogP contribution >= 0.6 is 0 Å². The molecule has 0 aliphatic rings. The number of aryl methyl sites for hydroxylation is 2. The molecular formula is C34H30N6O7. The molecule has 0 unspecified atom stereocenters. The first kappa shape index (κ1) is 33.1. The number of fused-ring (bicyclic) bond motifs is 2. The van der Waals surface area contributed by atoms with Gasteiger partial charge in [-0.1, -0.05) is 36.4 Å². The fraction of sp³-hybridized carbons (Fsp3) is 0.0588. The second-order valence-electron chi connectivity index (χ2n) is 10.3. The highest BCUT2D eigenvalue weighted by molar-refractivity contribution is 6.06. The number of nitrogens with two attached hydrogens (primary N) is 2. The summed E-state index contributed by atoms with van der Waals surface area (Å²) in [6, 6.07) is 23.5. The fourth-order valence-electron chi connectivity index (χ4n) is 4.37. The number of para-hydroxylation sites is 2. The van der Waals surface area contributed by atoms with Gasteiger partial charge in [0, 0.05) is 63.4 Å². The molecule has 0 fully saturated rings. The maximum Gasteiger partial charge on any atom is 0.341 e. The van der Waals surface area contributed by atoms with Gasteiger partial charge in [-0.15, -0.1) is 0 Å². The van der Waals surface area contributed by atoms with Crippen molar-refractivity contribution in [2.24, 2.45) is 0 Å². The molecule has 238 valence electrons. The maximum atomic E-state index is 12.4. The number of carbonyl (C=O) groups excluding carboxylic acids is 1. The average Bonchev–Trinajstić information content (AvgIpc) is 3.05. The number of non-ortho nitro benzene ring substituents is 1. The molecule has 0 saturated carbocycles. The number of H-pyrrole nitrogens is 2. The highest BCUT2D eigenvalue weighted by Crippen LogP contribution is 2.19. The molecule has 6 rings (SSSR count). The van der Waals surface area contributed by atoms with Gasteiger partial charge >= 0.3 is 5.97 Å². The van der Waals surface area contributed by atoms with E-state index in [4.69, 9.17) is 16.6 Å². The van der Waals surface area contributed by atoms with E-state index in [0.29, 0.717) is 38.9 Å². The molecule has 6 aromatic rings. The molecule has 0 atom stereocenters. The molecule has 0 aliphatic carbocycles. The van der Waals surface area contributed by atoms with Crippen molar-refractivity contribution in [3.8, 4) is 0 Å². The maximum absolute atomic E-state index is 12.4. The van der Waals surface area contributed by atoms with E-state index in [1.54, 1.807) is 67.6 Å². The van der Waals surface area contributed by atoms with Crippen molar-refractivity contribution in [2.45, 2.75) is 13.8 Å². The first-order valence-electron chi connectivity index (χ1n) is 14.0. The first-order valence-corrected chi connectivity index (χ1v) is 14.0. The van der Waals surface area contributed by atoms with Gasteiger partial charge in [0.05, 0.1) is 4.92 Å². The molecule has 2 heterocycles. The third kappa shape index (κ3) is 7.85. The minimum absolute atomic E-state index is 0.0353. The number of nitro benzene ring substituents is 1. The summed E-state index contributed by atoms with van der Waals surface area (Å²) >= 11 is 0. The minimum atomic E-state index is -1.21. The summed E-state index contributed by atoms with van der Waals surface area (Å²) < 4.78 is 0. The monoisotopic (exact) mass is 634 g/mol. The van der Waals surface area contributed by atoms with Gasteiger partial charge < -0.3 is 31.9 Å². The van der Waals surface area contributed by atoms with Gasteiger partial charge in [0.25, 0.3) is 11.6 Å². The zero-order valence-electron chi connectivity index (χ0n) is 25.2. The topological polar surface area (TPSA) is 227 Å². The Morgan fingerprint density at radius 3 is 1.85 bits per heavy atom. The molecule has 0 bridgehead atoms. The Morgan fingerprint density at radius 2 is 1.30 bits per heavy atom. The second-order valence-corrected chi connectivity index (χ2v) is 10.3. The van der Waals surface area contributed by atoms with E-state index >= 15 is 0 Å². The van der Waals surface area contributed by atoms with Crippen LogP contribution in [0.15, 0.2) is 107 Å². The standard InChI is InChI=1S/C17H15N3O2.C10H7NO3.C7H8N2O2/c1-10-6-7-11(18)8-15(10)20-17(22)13-9-19-14-5-3-2-4-12(14)16(13)21;12-9-6-3-1-2-4-8(6)11-5-7(9)10(13)14;1-5-2-3-6(9(10)11)4-7(5)8/h2-9H,18H2,1H3,(H,19,21)(H,20,22);1-5H,(H,11,12)(H,13,14);2-4H,8H2,1H3. The van der Waals surface area contributed by atoms with Crippen LogP contribution < -0.4 is 27.6 Å². The van der Waals surface area contributed by atoms with Crippen molar-refractivity contribution >= 4 is 56.4 Å². The quantitative estimate of drug-likeness (QED) is 0.0829. The predicted octanol–water partition coefficient (Wildman–Crippen LogP) is 5.38. The second kappa shape index (κ2) is 14.3. The number of nitrogens with zero attached hydrogens (tertiary/aromatic N) is 1. The lowest BCUT2D eigenvalue weighted by Gasteiger charge is -2.09. The third-order valence-electron chi connectivity index (χ3n) is 7.04. The number of pyridine rings is 2. The number of nitrogen functional groups attached to an aromatic ring is 2. The summed E-state index contributed by atoms with van der Waals surface area (Å²) in [5, 5.41) is 22.5. The minimum Gasteiger partial charge on any atom is -0.477 e. The summed E-state index contributed by atoms with van der Waals surface area (Å²) in [5.74, 6) is -1.67. The largest absolute Gasteiger partial charge is 0.477 e. The lowest BCUT2D eigenvalue weighted by Crippen LogP contribution is -2.22. The number of rotatable bonds is 4. The number of carboxylic acid groups (broad SMARTS) is 1. The SMILES string of the molecule is Cc1ccc(N)cc1NC(=O)c1c[nH]c2ccccc2c1=O.Cc1ccc([N+](=O)[O-])cc1N.O=C(O)c1c[nH]c2ccccc2c1=O. The van der Waals surface area contributed by atoms with Crippen molar-refractivity contribution < 1.29 is 19.6 Å². The van der Waals surface area contributed by atoms with Gasteiger partial charge in [0.1, 0.15) is 11.1 Å². The number of nitro groups is 1. The molecular weight excluding hydrogens is 604 g/mol. The first-order chi connectivity index (χ1) is 22.4. The van der Waals surface area contributed by atoms with Crippen LogP contribution in [-0.2, 0) is 0 Å². The summed E-state index contributed by atoms with van der Waals surface area (Å²) in [6.45, 7) is 3.67. The van der Waals surface area contributed by atoms with Crippen molar-refractivity contribution in [3.63, 3.8) is 0 Å². The number of aromatic nitrogens is 2. The molecule has 0 radical (unpaired) electrons. The predicted molar refractivity (Wildman–Crippen MR) is 182 cm³/mol. The summed E-state index contributed by atoms with van der Waals surface area (Å²) in [5.41, 5.74) is 15.0. The number of anilines is 3. The molecule has 1 amide bonds. The van der Waals surface area contributed by atoms with E-state index in [9.17, 15) is 29.3 Å². The Kier molecular flexibility index (Phi) is 10.1. The third-order valence-corrected chi connectivity index (χ3v) is 7.04. The molecule has 13 nitrogen and oxygen atoms in total. The summed E-state index contributed by atoms with van der Waals surface area (Å²) in [4.78, 5) is 62.5. The Bertz CT molecular complexity index is 2260. The van der Waals surface area contributed by atoms with E-state index in [1.807, 2.05) is 19.1 Å². The Balaban J connectivity index is 0.000000172. The molecule has 8 N–H and O–H groups in total. The van der Waals surface area contributed by atoms with Crippen LogP contribution in [-0.4, -0.2) is 31.9 Å². The molecule has 0 saturated heterocycles. The van der Waals surface area contributed by atoms with Gasteiger partial charge in [-0.25, -0.2) is 4.79 Å². The van der Waals surface area contributed by atoms with Crippen molar-refractivity contribution in [1.82, 2.24) is 9.97 Å². The van der Waals surface area contributed by atoms with Gasteiger partial charge in [-0.2, -0.15) is 0 Å². The molecule has 4 aromatic carbocycles. The van der Waals surface area contributed by atoms with Gasteiger partial charge in [0.15, 0.2) is 0 Å². The highest BCUT2D eigenvalue weighted by atomic mass is 16.6. The lowest BCUT2D eigenvalue weighted by atomic mass is 10.1. The van der Waals surface area contributed by atoms with Gasteiger partial charge in [-0.05, 0) is 61.4 Å². The van der Waals surface area contributed by atoms with Crippen LogP contribution in [0.1, 0.15) is 31.8 Å². The molecule has 0 aliphatic heterocycles. The number of aromatic carboxylic acids is 1. The molecule has 47 heavy (non-hydrogen) atoms. The molecule has 2 aromatic heterocycles. The van der Waals surface area contributed by atoms with E-state index in [1.165, 1.54) is 24.5 Å². The van der Waals surface area contributed by atoms with Crippen molar-refractivity contribution in [1.29, 1.82) is 0 Å².